The third kappa shape index (κ3) is 3.79. The van der Waals surface area contributed by atoms with Crippen LogP contribution < -0.4 is 4.72 Å². The third-order valence-electron chi connectivity index (χ3n) is 4.64. The molecule has 1 aromatic carbocycles. The molecule has 4 rings (SSSR count). The second-order valence-electron chi connectivity index (χ2n) is 6.64. The summed E-state index contributed by atoms with van der Waals surface area (Å²) in [6, 6.07) is 9.43. The molecule has 27 heavy (non-hydrogen) atoms. The SMILES string of the molecule is CCc1nc2n(n1)CCC[C@H]2NS(=O)(=O)c1cnn(Cc2ccccc2)c1. The molecule has 0 saturated carbocycles. The van der Waals surface area contributed by atoms with Gasteiger partial charge in [0.1, 0.15) is 10.7 Å². The number of aromatic nitrogens is 5. The van der Waals surface area contributed by atoms with Crippen LogP contribution in [0.3, 0.4) is 0 Å². The quantitative estimate of drug-likeness (QED) is 0.698. The first-order chi connectivity index (χ1) is 13.0. The van der Waals surface area contributed by atoms with Crippen LogP contribution in [0.15, 0.2) is 47.6 Å². The van der Waals surface area contributed by atoms with E-state index in [0.717, 1.165) is 30.8 Å². The van der Waals surface area contributed by atoms with E-state index in [2.05, 4.69) is 19.9 Å². The normalized spacial score (nSPS) is 17.0. The maximum Gasteiger partial charge on any atom is 0.244 e. The molecule has 0 unspecified atom stereocenters. The standard InChI is InChI=1S/C18H22N6O2S/c1-2-17-20-18-16(9-6-10-24(18)21-17)22-27(25,26)15-11-19-23(13-15)12-14-7-4-3-5-8-14/h3-5,7-8,11,13,16,22H,2,6,9-10,12H2,1H3/t16-/m1/s1. The Hall–Kier alpha value is -2.52. The minimum atomic E-state index is -3.69. The largest absolute Gasteiger partial charge is 0.267 e. The summed E-state index contributed by atoms with van der Waals surface area (Å²) in [7, 11) is -3.69. The van der Waals surface area contributed by atoms with E-state index < -0.39 is 10.0 Å². The van der Waals surface area contributed by atoms with Gasteiger partial charge >= 0.3 is 0 Å². The first-order valence-corrected chi connectivity index (χ1v) is 10.6. The molecule has 0 spiro atoms. The molecule has 1 aliphatic rings. The van der Waals surface area contributed by atoms with E-state index in [1.807, 2.05) is 41.9 Å². The Labute approximate surface area is 158 Å². The first kappa shape index (κ1) is 17.9. The Kier molecular flexibility index (Phi) is 4.79. The third-order valence-corrected chi connectivity index (χ3v) is 6.07. The van der Waals surface area contributed by atoms with Crippen molar-refractivity contribution < 1.29 is 8.42 Å². The summed E-state index contributed by atoms with van der Waals surface area (Å²) in [5, 5.41) is 8.62. The molecule has 142 valence electrons. The lowest BCUT2D eigenvalue weighted by Crippen LogP contribution is -2.33. The Balaban J connectivity index is 1.52. The van der Waals surface area contributed by atoms with Crippen LogP contribution in [0.4, 0.5) is 0 Å². The van der Waals surface area contributed by atoms with E-state index in [1.165, 1.54) is 6.20 Å². The lowest BCUT2D eigenvalue weighted by molar-refractivity contribution is 0.399. The van der Waals surface area contributed by atoms with Gasteiger partial charge in [-0.15, -0.1) is 0 Å². The van der Waals surface area contributed by atoms with Crippen LogP contribution in [-0.2, 0) is 29.5 Å². The Morgan fingerprint density at radius 1 is 1.26 bits per heavy atom. The molecule has 0 fully saturated rings. The lowest BCUT2D eigenvalue weighted by Gasteiger charge is -2.22. The lowest BCUT2D eigenvalue weighted by atomic mass is 10.1. The van der Waals surface area contributed by atoms with Crippen LogP contribution in [0.25, 0.3) is 0 Å². The van der Waals surface area contributed by atoms with E-state index >= 15 is 0 Å². The number of fused-ring (bicyclic) bond motifs is 1. The second kappa shape index (κ2) is 7.24. The summed E-state index contributed by atoms with van der Waals surface area (Å²) >= 11 is 0. The fourth-order valence-corrected chi connectivity index (χ4v) is 4.44. The highest BCUT2D eigenvalue weighted by Crippen LogP contribution is 2.25. The molecular formula is C18H22N6O2S. The highest BCUT2D eigenvalue weighted by Gasteiger charge is 2.29. The van der Waals surface area contributed by atoms with Gasteiger partial charge in [-0.1, -0.05) is 37.3 Å². The first-order valence-electron chi connectivity index (χ1n) is 9.07. The monoisotopic (exact) mass is 386 g/mol. The Bertz CT molecular complexity index is 1030. The molecule has 0 saturated heterocycles. The van der Waals surface area contributed by atoms with Gasteiger partial charge in [-0.3, -0.25) is 4.68 Å². The maximum absolute atomic E-state index is 12.8. The Morgan fingerprint density at radius 2 is 2.07 bits per heavy atom. The van der Waals surface area contributed by atoms with Crippen molar-refractivity contribution in [3.05, 3.63) is 59.9 Å². The summed E-state index contributed by atoms with van der Waals surface area (Å²) in [5.74, 6) is 1.44. The van der Waals surface area contributed by atoms with E-state index in [4.69, 9.17) is 0 Å². The fraction of sp³-hybridized carbons (Fsp3) is 0.389. The molecule has 3 aromatic rings. The van der Waals surface area contributed by atoms with E-state index in [9.17, 15) is 8.42 Å². The summed E-state index contributed by atoms with van der Waals surface area (Å²) in [5.41, 5.74) is 1.06. The minimum absolute atomic E-state index is 0.158. The van der Waals surface area contributed by atoms with E-state index in [1.54, 1.807) is 10.9 Å². The topological polar surface area (TPSA) is 94.7 Å². The van der Waals surface area contributed by atoms with Crippen LogP contribution >= 0.6 is 0 Å². The van der Waals surface area contributed by atoms with Gasteiger partial charge in [-0.05, 0) is 18.4 Å². The number of aryl methyl sites for hydroxylation is 2. The highest BCUT2D eigenvalue weighted by molar-refractivity contribution is 7.89. The predicted molar refractivity (Wildman–Crippen MR) is 99.5 cm³/mol. The molecule has 0 amide bonds. The van der Waals surface area contributed by atoms with E-state index in [-0.39, 0.29) is 10.9 Å². The average Bonchev–Trinajstić information content (AvgIpc) is 3.30. The molecule has 9 heteroatoms. The second-order valence-corrected chi connectivity index (χ2v) is 8.35. The number of sulfonamides is 1. The van der Waals surface area contributed by atoms with Crippen molar-refractivity contribution in [3.8, 4) is 0 Å². The van der Waals surface area contributed by atoms with Gasteiger partial charge in [0.25, 0.3) is 0 Å². The number of hydrogen-bond acceptors (Lipinski definition) is 5. The summed E-state index contributed by atoms with van der Waals surface area (Å²) in [6.45, 7) is 3.28. The van der Waals surface area contributed by atoms with Crippen molar-refractivity contribution in [2.75, 3.05) is 0 Å². The van der Waals surface area contributed by atoms with Crippen molar-refractivity contribution in [3.63, 3.8) is 0 Å². The predicted octanol–water partition coefficient (Wildman–Crippen LogP) is 1.90. The van der Waals surface area contributed by atoms with E-state index in [0.29, 0.717) is 18.8 Å². The van der Waals surface area contributed by atoms with Crippen LogP contribution in [0.1, 0.15) is 43.0 Å². The zero-order chi connectivity index (χ0) is 18.9. The van der Waals surface area contributed by atoms with Crippen molar-refractivity contribution in [2.45, 2.75) is 50.2 Å². The van der Waals surface area contributed by atoms with Gasteiger partial charge in [0.05, 0.1) is 18.8 Å². The molecule has 2 aromatic heterocycles. The summed E-state index contributed by atoms with van der Waals surface area (Å²) in [6.07, 6.45) is 5.24. The molecular weight excluding hydrogens is 364 g/mol. The summed E-state index contributed by atoms with van der Waals surface area (Å²) in [4.78, 5) is 4.65. The van der Waals surface area contributed by atoms with Crippen molar-refractivity contribution >= 4 is 10.0 Å². The zero-order valence-corrected chi connectivity index (χ0v) is 15.9. The molecule has 0 aliphatic carbocycles. The van der Waals surface area contributed by atoms with Gasteiger partial charge in [-0.2, -0.15) is 10.2 Å². The zero-order valence-electron chi connectivity index (χ0n) is 15.1. The fourth-order valence-electron chi connectivity index (χ4n) is 3.26. The van der Waals surface area contributed by atoms with Gasteiger partial charge in [-0.25, -0.2) is 22.8 Å². The van der Waals surface area contributed by atoms with Gasteiger partial charge in [0, 0.05) is 19.2 Å². The van der Waals surface area contributed by atoms with Crippen molar-refractivity contribution in [1.82, 2.24) is 29.3 Å². The average molecular weight is 386 g/mol. The number of nitrogens with zero attached hydrogens (tertiary/aromatic N) is 5. The summed E-state index contributed by atoms with van der Waals surface area (Å²) < 4.78 is 31.9. The van der Waals surface area contributed by atoms with Gasteiger partial charge in [0.15, 0.2) is 5.82 Å². The van der Waals surface area contributed by atoms with Crippen molar-refractivity contribution in [1.29, 1.82) is 0 Å². The highest BCUT2D eigenvalue weighted by atomic mass is 32.2. The smallest absolute Gasteiger partial charge is 0.244 e. The molecule has 1 atom stereocenters. The van der Waals surface area contributed by atoms with Gasteiger partial charge < -0.3 is 0 Å². The number of hydrogen-bond donors (Lipinski definition) is 1. The van der Waals surface area contributed by atoms with Gasteiger partial charge in [0.2, 0.25) is 10.0 Å². The number of nitrogens with one attached hydrogen (secondary N) is 1. The molecule has 8 nitrogen and oxygen atoms in total. The number of benzene rings is 1. The van der Waals surface area contributed by atoms with Crippen molar-refractivity contribution in [2.24, 2.45) is 0 Å². The van der Waals surface area contributed by atoms with Crippen LogP contribution in [0, 0.1) is 0 Å². The van der Waals surface area contributed by atoms with Crippen LogP contribution in [-0.4, -0.2) is 33.0 Å². The maximum atomic E-state index is 12.8. The van der Waals surface area contributed by atoms with Crippen LogP contribution in [0.5, 0.6) is 0 Å². The number of rotatable bonds is 6. The molecule has 1 aliphatic heterocycles. The molecule has 1 N–H and O–H groups in total. The Morgan fingerprint density at radius 3 is 2.85 bits per heavy atom. The molecule has 3 heterocycles. The minimum Gasteiger partial charge on any atom is -0.267 e. The molecule has 0 bridgehead atoms. The molecule has 0 radical (unpaired) electrons. The van der Waals surface area contributed by atoms with Crippen LogP contribution in [0.2, 0.25) is 0 Å².